The van der Waals surface area contributed by atoms with Crippen LogP contribution in [0.4, 0.5) is 0 Å². The summed E-state index contributed by atoms with van der Waals surface area (Å²) >= 11 is 0. The minimum absolute atomic E-state index is 0. The van der Waals surface area contributed by atoms with E-state index in [9.17, 15) is 30.0 Å². The summed E-state index contributed by atoms with van der Waals surface area (Å²) in [6.45, 7) is -0.338. The number of hydrogen-bond donors (Lipinski definition) is 0. The van der Waals surface area contributed by atoms with Crippen LogP contribution >= 0.6 is 0 Å². The fraction of sp³-hybridized carbons (Fsp3) is 0.222. The Balaban J connectivity index is 0.00000364. The van der Waals surface area contributed by atoms with Gasteiger partial charge in [-0.15, -0.1) is 11.5 Å². The van der Waals surface area contributed by atoms with Crippen molar-refractivity contribution in [2.45, 2.75) is 12.1 Å². The summed E-state index contributed by atoms with van der Waals surface area (Å²) in [6, 6.07) is 8.08. The maximum Gasteiger partial charge on any atom is 1.00 e. The molecule has 0 aliphatic heterocycles. The summed E-state index contributed by atoms with van der Waals surface area (Å²) in [4.78, 5) is 22.5. The second-order valence-electron chi connectivity index (χ2n) is 5.33. The van der Waals surface area contributed by atoms with Gasteiger partial charge in [0.25, 0.3) is 0 Å². The van der Waals surface area contributed by atoms with Crippen molar-refractivity contribution < 1.29 is 76.6 Å². The van der Waals surface area contributed by atoms with Crippen molar-refractivity contribution in [1.82, 2.24) is 0 Å². The van der Waals surface area contributed by atoms with Crippen LogP contribution in [0.25, 0.3) is 10.6 Å². The van der Waals surface area contributed by atoms with E-state index in [1.807, 2.05) is 0 Å². The maximum atomic E-state index is 11.7. The molecule has 10 heteroatoms. The Bertz CT molecular complexity index is 727. The third-order valence-electron chi connectivity index (χ3n) is 3.60. The normalized spacial score (nSPS) is 12.1. The SMILES string of the molecule is O=C([O-])C([N-]CC[N-]C(C(=O)[O-])c1ccccc1[O-])c1ccccc1[O-].[Fe].[Na+]. The van der Waals surface area contributed by atoms with Crippen molar-refractivity contribution in [2.75, 3.05) is 13.1 Å². The number of para-hydroxylation sites is 2. The molecule has 0 N–H and O–H groups in total. The van der Waals surface area contributed by atoms with Crippen molar-refractivity contribution >= 4 is 11.9 Å². The van der Waals surface area contributed by atoms with Gasteiger partial charge >= 0.3 is 29.6 Å². The summed E-state index contributed by atoms with van der Waals surface area (Å²) < 4.78 is 0. The molecule has 146 valence electrons. The molecule has 2 unspecified atom stereocenters. The molecule has 0 bridgehead atoms. The first-order valence-electron chi connectivity index (χ1n) is 7.68. The van der Waals surface area contributed by atoms with E-state index in [-0.39, 0.29) is 70.8 Å². The van der Waals surface area contributed by atoms with E-state index < -0.39 is 35.5 Å². The summed E-state index contributed by atoms with van der Waals surface area (Å²) in [6.07, 6.45) is 0. The number of nitrogens with zero attached hydrogens (tertiary/aromatic N) is 2. The first-order valence-corrected chi connectivity index (χ1v) is 7.68. The van der Waals surface area contributed by atoms with Crippen LogP contribution in [0.2, 0.25) is 0 Å². The largest absolute Gasteiger partial charge is 1.00 e. The Morgan fingerprint density at radius 1 is 0.750 bits per heavy atom. The van der Waals surface area contributed by atoms with Gasteiger partial charge in [-0.3, -0.25) is 0 Å². The summed E-state index contributed by atoms with van der Waals surface area (Å²) in [5, 5.41) is 53.6. The van der Waals surface area contributed by atoms with Gasteiger partial charge < -0.3 is 40.6 Å². The van der Waals surface area contributed by atoms with Crippen molar-refractivity contribution in [3.63, 3.8) is 0 Å². The predicted octanol–water partition coefficient (Wildman–Crippen LogP) is -4.14. The third kappa shape index (κ3) is 7.10. The van der Waals surface area contributed by atoms with Crippen LogP contribution in [0.1, 0.15) is 23.2 Å². The Hall–Kier alpha value is -1.58. The smallest absolute Gasteiger partial charge is 0.872 e. The van der Waals surface area contributed by atoms with E-state index in [4.69, 9.17) is 0 Å². The molecule has 0 heterocycles. The minimum Gasteiger partial charge on any atom is -0.872 e. The number of carbonyl (C=O) groups is 2. The molecular weight excluding hydrogens is 419 g/mol. The number of carbonyl (C=O) groups excluding carboxylic acids is 2. The molecule has 2 rings (SSSR count). The molecule has 8 nitrogen and oxygen atoms in total. The molecule has 0 aliphatic rings. The maximum absolute atomic E-state index is 11.7. The Morgan fingerprint density at radius 2 is 1.07 bits per heavy atom. The van der Waals surface area contributed by atoms with Crippen LogP contribution in [-0.2, 0) is 26.7 Å². The van der Waals surface area contributed by atoms with Crippen LogP contribution in [0, 0.1) is 0 Å². The molecule has 2 atom stereocenters. The van der Waals surface area contributed by atoms with Crippen LogP contribution in [0.3, 0.4) is 0 Å². The molecule has 0 saturated carbocycles. The Kier molecular flexibility index (Phi) is 12.1. The van der Waals surface area contributed by atoms with Gasteiger partial charge in [0.1, 0.15) is 0 Å². The molecule has 28 heavy (non-hydrogen) atoms. The van der Waals surface area contributed by atoms with Gasteiger partial charge in [0.15, 0.2) is 0 Å². The average Bonchev–Trinajstić information content (AvgIpc) is 2.59. The van der Waals surface area contributed by atoms with Gasteiger partial charge in [0.05, 0.1) is 0 Å². The van der Waals surface area contributed by atoms with Gasteiger partial charge in [0.2, 0.25) is 0 Å². The standard InChI is InChI=1S/C18H18N2O6.Fe.Na/c21-13-7-3-1-5-11(13)15(17(23)24)19-9-10-20-16(18(25)26)12-6-2-4-8-14(12)22;;/h1-8,15-16,21-22H,9-10H2,(H,23,24)(H,25,26);;/q-2;;+1/p-4. The van der Waals surface area contributed by atoms with Crippen LogP contribution in [-0.4, -0.2) is 25.0 Å². The summed E-state index contributed by atoms with van der Waals surface area (Å²) in [7, 11) is 0. The number of aliphatic carboxylic acids is 2. The van der Waals surface area contributed by atoms with Gasteiger partial charge in [-0.25, -0.2) is 0 Å². The van der Waals surface area contributed by atoms with E-state index in [0.29, 0.717) is 0 Å². The van der Waals surface area contributed by atoms with Crippen molar-refractivity contribution in [3.05, 3.63) is 70.3 Å². The first-order chi connectivity index (χ1) is 12.4. The van der Waals surface area contributed by atoms with Gasteiger partial charge in [-0.1, -0.05) is 71.7 Å². The van der Waals surface area contributed by atoms with Gasteiger partial charge in [0, 0.05) is 29.0 Å². The average molecular weight is 433 g/mol. The van der Waals surface area contributed by atoms with Crippen molar-refractivity contribution in [1.29, 1.82) is 0 Å². The number of carboxylic acids is 2. The molecule has 0 aliphatic carbocycles. The molecule has 0 saturated heterocycles. The molecule has 0 spiro atoms. The van der Waals surface area contributed by atoms with Gasteiger partial charge in [-0.05, 0) is 0 Å². The minimum atomic E-state index is -1.55. The van der Waals surface area contributed by atoms with Crippen LogP contribution in [0.15, 0.2) is 48.5 Å². The fourth-order valence-corrected chi connectivity index (χ4v) is 2.39. The molecule has 2 aromatic rings. The van der Waals surface area contributed by atoms with E-state index in [2.05, 4.69) is 10.6 Å². The van der Waals surface area contributed by atoms with Crippen molar-refractivity contribution in [3.8, 4) is 11.5 Å². The van der Waals surface area contributed by atoms with Crippen LogP contribution in [0.5, 0.6) is 11.5 Å². The molecule has 0 amide bonds. The second kappa shape index (κ2) is 12.8. The van der Waals surface area contributed by atoms with Crippen molar-refractivity contribution in [2.24, 2.45) is 0 Å². The molecule has 0 fully saturated rings. The summed E-state index contributed by atoms with van der Waals surface area (Å²) in [5.41, 5.74) is -0.0947. The van der Waals surface area contributed by atoms with E-state index in [1.54, 1.807) is 0 Å². The second-order valence-corrected chi connectivity index (χ2v) is 5.33. The Labute approximate surface area is 194 Å². The number of carboxylic acid groups (broad SMARTS) is 2. The summed E-state index contributed by atoms with van der Waals surface area (Å²) in [5.74, 6) is -4.07. The third-order valence-corrected chi connectivity index (χ3v) is 3.60. The Morgan fingerprint density at radius 3 is 1.36 bits per heavy atom. The molecule has 0 radical (unpaired) electrons. The van der Waals surface area contributed by atoms with E-state index in [1.165, 1.54) is 48.5 Å². The number of hydrogen-bond acceptors (Lipinski definition) is 6. The zero-order chi connectivity index (χ0) is 19.1. The topological polar surface area (TPSA) is 155 Å². The monoisotopic (exact) mass is 433 g/mol. The first kappa shape index (κ1) is 26.4. The molecule has 2 aromatic carbocycles. The fourth-order valence-electron chi connectivity index (χ4n) is 2.39. The zero-order valence-electron chi connectivity index (χ0n) is 14.9. The quantitative estimate of drug-likeness (QED) is 0.289. The number of benzene rings is 2. The molecular formula is C18H14FeN2NaO6-5. The molecule has 0 aromatic heterocycles. The predicted molar refractivity (Wildman–Crippen MR) is 83.7 cm³/mol. The van der Waals surface area contributed by atoms with E-state index >= 15 is 0 Å². The number of rotatable bonds is 9. The zero-order valence-corrected chi connectivity index (χ0v) is 18.0. The van der Waals surface area contributed by atoms with Gasteiger partial charge in [-0.2, -0.15) is 13.1 Å². The van der Waals surface area contributed by atoms with E-state index in [0.717, 1.165) is 0 Å². The van der Waals surface area contributed by atoms with Crippen LogP contribution < -0.4 is 50.0 Å².